The molecule has 162 valence electrons. The summed E-state index contributed by atoms with van der Waals surface area (Å²) in [6.07, 6.45) is 7.14. The maximum Gasteiger partial charge on any atom is 0.229 e. The number of nitrogens with one attached hydrogen (secondary N) is 2. The lowest BCUT2D eigenvalue weighted by molar-refractivity contribution is 0.613. The first kappa shape index (κ1) is 19.1. The monoisotopic (exact) mass is 439 g/mol. The van der Waals surface area contributed by atoms with E-state index in [-0.39, 0.29) is 12.4 Å². The maximum atomic E-state index is 15.0. The van der Waals surface area contributed by atoms with Gasteiger partial charge in [0.1, 0.15) is 11.6 Å². The van der Waals surface area contributed by atoms with Gasteiger partial charge < -0.3 is 10.3 Å². The maximum absolute atomic E-state index is 15.0. The molecule has 5 aromatic heterocycles. The van der Waals surface area contributed by atoms with E-state index in [1.54, 1.807) is 23.1 Å². The second-order valence-electron chi connectivity index (χ2n) is 7.66. The number of benzene rings is 1. The minimum absolute atomic E-state index is 0.281. The Kier molecular flexibility index (Phi) is 4.35. The molecule has 33 heavy (non-hydrogen) atoms. The van der Waals surface area contributed by atoms with E-state index in [9.17, 15) is 0 Å². The fourth-order valence-corrected chi connectivity index (χ4v) is 3.83. The van der Waals surface area contributed by atoms with E-state index in [0.29, 0.717) is 23.0 Å². The molecule has 0 aliphatic rings. The van der Waals surface area contributed by atoms with Crippen LogP contribution in [0.2, 0.25) is 0 Å². The average molecular weight is 439 g/mol. The molecule has 0 saturated carbocycles. The molecule has 6 aromatic rings. The summed E-state index contributed by atoms with van der Waals surface area (Å²) in [5.74, 6) is 0.913. The van der Waals surface area contributed by atoms with E-state index in [0.717, 1.165) is 27.9 Å². The highest BCUT2D eigenvalue weighted by Crippen LogP contribution is 2.29. The minimum atomic E-state index is -0.314. The molecule has 6 rings (SSSR count). The number of H-pyrrole nitrogens is 1. The third kappa shape index (κ3) is 3.37. The van der Waals surface area contributed by atoms with Gasteiger partial charge in [0.05, 0.1) is 17.3 Å². The smallest absolute Gasteiger partial charge is 0.229 e. The fourth-order valence-electron chi connectivity index (χ4n) is 3.83. The molecule has 0 unspecified atom stereocenters. The van der Waals surface area contributed by atoms with Gasteiger partial charge in [0.15, 0.2) is 11.3 Å². The van der Waals surface area contributed by atoms with E-state index >= 15 is 4.39 Å². The Morgan fingerprint density at radius 2 is 2.03 bits per heavy atom. The zero-order valence-electron chi connectivity index (χ0n) is 17.6. The van der Waals surface area contributed by atoms with Gasteiger partial charge in [-0.05, 0) is 29.8 Å². The molecule has 2 N–H and O–H groups in total. The quantitative estimate of drug-likeness (QED) is 0.424. The molecule has 0 aliphatic heterocycles. The van der Waals surface area contributed by atoms with Crippen molar-refractivity contribution in [3.63, 3.8) is 0 Å². The molecule has 0 bridgehead atoms. The van der Waals surface area contributed by atoms with Crippen molar-refractivity contribution >= 4 is 22.8 Å². The standard InChI is InChI=1S/C23H18FN9/c1-32-13-16(12-27-32)21-28-20-17(7-8-25-22(20)29-21)14-5-6-15(18(24)10-14)11-26-23-31-30-19-4-2-3-9-33(19)23/h2-10,12-13H,11H2,1H3,(H,26,31)(H,25,28,29). The Bertz CT molecular complexity index is 1610. The summed E-state index contributed by atoms with van der Waals surface area (Å²) < 4.78 is 18.5. The molecule has 1 aromatic carbocycles. The highest BCUT2D eigenvalue weighted by Gasteiger charge is 2.14. The fraction of sp³-hybridized carbons (Fsp3) is 0.0870. The van der Waals surface area contributed by atoms with Crippen molar-refractivity contribution in [1.82, 2.24) is 39.3 Å². The number of hydrogen-bond donors (Lipinski definition) is 2. The Morgan fingerprint density at radius 1 is 1.09 bits per heavy atom. The number of pyridine rings is 2. The summed E-state index contributed by atoms with van der Waals surface area (Å²) in [5.41, 5.74) is 4.98. The zero-order chi connectivity index (χ0) is 22.4. The summed E-state index contributed by atoms with van der Waals surface area (Å²) in [6.45, 7) is 0.281. The van der Waals surface area contributed by atoms with Gasteiger partial charge >= 0.3 is 0 Å². The first-order chi connectivity index (χ1) is 16.2. The summed E-state index contributed by atoms with van der Waals surface area (Å²) in [7, 11) is 1.85. The number of nitrogens with zero attached hydrogens (tertiary/aromatic N) is 7. The van der Waals surface area contributed by atoms with Gasteiger partial charge in [-0.3, -0.25) is 9.08 Å². The molecule has 0 saturated heterocycles. The van der Waals surface area contributed by atoms with Crippen LogP contribution < -0.4 is 5.32 Å². The van der Waals surface area contributed by atoms with Crippen molar-refractivity contribution < 1.29 is 4.39 Å². The lowest BCUT2D eigenvalue weighted by Crippen LogP contribution is -2.05. The van der Waals surface area contributed by atoms with Crippen molar-refractivity contribution in [3.8, 4) is 22.5 Å². The number of hydrogen-bond acceptors (Lipinski definition) is 6. The number of imidazole rings is 1. The second-order valence-corrected chi connectivity index (χ2v) is 7.66. The van der Waals surface area contributed by atoms with E-state index in [2.05, 4.69) is 35.6 Å². The Morgan fingerprint density at radius 3 is 2.88 bits per heavy atom. The van der Waals surface area contributed by atoms with Crippen LogP contribution in [-0.2, 0) is 13.6 Å². The Labute approximate surface area is 187 Å². The minimum Gasteiger partial charge on any atom is -0.350 e. The number of aromatic amines is 1. The Balaban J connectivity index is 1.30. The van der Waals surface area contributed by atoms with E-state index in [1.807, 2.05) is 54.2 Å². The van der Waals surface area contributed by atoms with E-state index in [4.69, 9.17) is 0 Å². The van der Waals surface area contributed by atoms with Crippen LogP contribution in [0.15, 0.2) is 67.3 Å². The molecule has 0 amide bonds. The molecule has 9 nitrogen and oxygen atoms in total. The molecular formula is C23H18FN9. The molecule has 5 heterocycles. The Hall–Kier alpha value is -4.60. The van der Waals surface area contributed by atoms with Crippen LogP contribution in [0.5, 0.6) is 0 Å². The number of aromatic nitrogens is 8. The first-order valence-electron chi connectivity index (χ1n) is 10.3. The number of fused-ring (bicyclic) bond motifs is 2. The van der Waals surface area contributed by atoms with Gasteiger partial charge in [0.2, 0.25) is 5.95 Å². The predicted octanol–water partition coefficient (Wildman–Crippen LogP) is 3.82. The van der Waals surface area contributed by atoms with Gasteiger partial charge in [0, 0.05) is 43.3 Å². The highest BCUT2D eigenvalue weighted by atomic mass is 19.1. The van der Waals surface area contributed by atoms with Crippen LogP contribution in [0.3, 0.4) is 0 Å². The molecule has 10 heteroatoms. The number of anilines is 1. The second kappa shape index (κ2) is 7.52. The summed E-state index contributed by atoms with van der Waals surface area (Å²) >= 11 is 0. The van der Waals surface area contributed by atoms with Crippen molar-refractivity contribution in [2.24, 2.45) is 7.05 Å². The van der Waals surface area contributed by atoms with Crippen LogP contribution in [0.25, 0.3) is 39.3 Å². The lowest BCUT2D eigenvalue weighted by Gasteiger charge is -2.08. The van der Waals surface area contributed by atoms with Crippen LogP contribution >= 0.6 is 0 Å². The third-order valence-corrected chi connectivity index (χ3v) is 5.49. The van der Waals surface area contributed by atoms with Crippen molar-refractivity contribution in [2.45, 2.75) is 6.54 Å². The summed E-state index contributed by atoms with van der Waals surface area (Å²) in [4.78, 5) is 12.2. The SMILES string of the molecule is Cn1cc(-c2nc3nccc(-c4ccc(CNc5nnc6ccccn56)c(F)c4)c3[nH]2)cn1. The topological polar surface area (TPSA) is 102 Å². The van der Waals surface area contributed by atoms with Crippen LogP contribution in [0, 0.1) is 5.82 Å². The van der Waals surface area contributed by atoms with Gasteiger partial charge in [-0.25, -0.2) is 14.4 Å². The van der Waals surface area contributed by atoms with Crippen LogP contribution in [0.4, 0.5) is 10.3 Å². The number of rotatable bonds is 5. The predicted molar refractivity (Wildman–Crippen MR) is 122 cm³/mol. The average Bonchev–Trinajstić information content (AvgIpc) is 3.56. The zero-order valence-corrected chi connectivity index (χ0v) is 17.6. The first-order valence-corrected chi connectivity index (χ1v) is 10.3. The molecule has 0 aliphatic carbocycles. The van der Waals surface area contributed by atoms with Gasteiger partial charge in [-0.2, -0.15) is 5.10 Å². The van der Waals surface area contributed by atoms with Crippen molar-refractivity contribution in [3.05, 3.63) is 78.6 Å². The number of aryl methyl sites for hydroxylation is 1. The lowest BCUT2D eigenvalue weighted by atomic mass is 10.0. The van der Waals surface area contributed by atoms with Crippen LogP contribution in [-0.4, -0.2) is 39.3 Å². The normalized spacial score (nSPS) is 11.5. The van der Waals surface area contributed by atoms with Crippen LogP contribution in [0.1, 0.15) is 5.56 Å². The molecule has 0 fully saturated rings. The summed E-state index contributed by atoms with van der Waals surface area (Å²) in [6, 6.07) is 12.7. The third-order valence-electron chi connectivity index (χ3n) is 5.49. The van der Waals surface area contributed by atoms with Gasteiger partial charge in [0.25, 0.3) is 0 Å². The van der Waals surface area contributed by atoms with E-state index < -0.39 is 0 Å². The van der Waals surface area contributed by atoms with E-state index in [1.165, 1.54) is 6.07 Å². The molecule has 0 spiro atoms. The summed E-state index contributed by atoms with van der Waals surface area (Å²) in [5, 5.41) is 15.6. The largest absolute Gasteiger partial charge is 0.350 e. The van der Waals surface area contributed by atoms with Gasteiger partial charge in [-0.1, -0.05) is 18.2 Å². The van der Waals surface area contributed by atoms with Crippen molar-refractivity contribution in [2.75, 3.05) is 5.32 Å². The van der Waals surface area contributed by atoms with Crippen molar-refractivity contribution in [1.29, 1.82) is 0 Å². The number of halogens is 1. The molecular weight excluding hydrogens is 421 g/mol. The van der Waals surface area contributed by atoms with Gasteiger partial charge in [-0.15, -0.1) is 10.2 Å². The molecule has 0 radical (unpaired) electrons. The molecule has 0 atom stereocenters. The highest BCUT2D eigenvalue weighted by molar-refractivity contribution is 5.91.